The van der Waals surface area contributed by atoms with E-state index in [1.165, 1.54) is 62.0 Å². The molecule has 3 aromatic carbocycles. The number of benzene rings is 3. The number of carbonyl (C=O) groups excluding carboxylic acids is 2. The lowest BCUT2D eigenvalue weighted by atomic mass is 9.74. The first-order valence-corrected chi connectivity index (χ1v) is 20.4. The number of nitrogens with one attached hydrogen (secondary N) is 1. The maximum absolute atomic E-state index is 13.3. The fourth-order valence-corrected chi connectivity index (χ4v) is 8.75. The third-order valence-corrected chi connectivity index (χ3v) is 11.5. The van der Waals surface area contributed by atoms with Gasteiger partial charge in [0.2, 0.25) is 0 Å². The van der Waals surface area contributed by atoms with Crippen LogP contribution in [0, 0.1) is 11.3 Å². The van der Waals surface area contributed by atoms with E-state index in [0.717, 1.165) is 56.2 Å². The summed E-state index contributed by atoms with van der Waals surface area (Å²) in [5, 5.41) is 24.7. The Morgan fingerprint density at radius 2 is 1.62 bits per heavy atom. The summed E-state index contributed by atoms with van der Waals surface area (Å²) in [6, 6.07) is 24.4. The van der Waals surface area contributed by atoms with Crippen LogP contribution in [0.2, 0.25) is 0 Å². The number of hydrogen-bond acceptors (Lipinski definition) is 8. The Morgan fingerprint density at radius 1 is 0.929 bits per heavy atom. The largest absolute Gasteiger partial charge is 0.504 e. The van der Waals surface area contributed by atoms with Crippen molar-refractivity contribution in [3.63, 3.8) is 0 Å². The minimum absolute atomic E-state index is 0.0531. The number of carbonyl (C=O) groups is 2. The van der Waals surface area contributed by atoms with E-state index in [1.807, 2.05) is 19.2 Å². The van der Waals surface area contributed by atoms with Gasteiger partial charge >= 0.3 is 0 Å². The zero-order valence-electron chi connectivity index (χ0n) is 33.6. The van der Waals surface area contributed by atoms with Crippen molar-refractivity contribution < 1.29 is 24.5 Å². The first-order chi connectivity index (χ1) is 27.1. The molecule has 1 atom stereocenters. The summed E-state index contributed by atoms with van der Waals surface area (Å²) in [7, 11) is 3.45. The summed E-state index contributed by atoms with van der Waals surface area (Å²) in [4.78, 5) is 30.8. The zero-order chi connectivity index (χ0) is 39.9. The highest BCUT2D eigenvalue weighted by Crippen LogP contribution is 2.47. The molecule has 0 aliphatic heterocycles. The van der Waals surface area contributed by atoms with Crippen LogP contribution >= 0.6 is 0 Å². The van der Waals surface area contributed by atoms with Gasteiger partial charge in [-0.25, -0.2) is 4.98 Å². The minimum Gasteiger partial charge on any atom is -0.504 e. The van der Waals surface area contributed by atoms with Crippen LogP contribution in [-0.2, 0) is 41.7 Å². The topological polar surface area (TPSA) is 135 Å². The normalized spacial score (nSPS) is 14.5. The fraction of sp³-hybridized carbons (Fsp3) is 0.438. The summed E-state index contributed by atoms with van der Waals surface area (Å²) in [6.07, 6.45) is 15.0. The van der Waals surface area contributed by atoms with Crippen molar-refractivity contribution in [2.75, 3.05) is 33.0 Å². The number of ether oxygens (including phenoxy) is 1. The molecule has 1 saturated carbocycles. The number of phenols is 1. The Bertz CT molecular complexity index is 1930. The van der Waals surface area contributed by atoms with Gasteiger partial charge in [0.1, 0.15) is 11.6 Å². The maximum Gasteiger partial charge on any atom is 0.163 e. The molecule has 8 heteroatoms. The number of aryl methyl sites for hydroxylation is 4. The number of allylic oxidation sites excluding steroid dienone is 1. The molecular formula is C48H61N3O5. The van der Waals surface area contributed by atoms with Crippen LogP contribution in [0.5, 0.6) is 11.5 Å². The molecule has 1 aliphatic carbocycles. The summed E-state index contributed by atoms with van der Waals surface area (Å²) in [5.74, 6) is 0.745. The number of aliphatic hydroxyl groups is 1. The van der Waals surface area contributed by atoms with Crippen LogP contribution in [0.3, 0.4) is 0 Å². The SMILES string of the molecule is CNC[C@H](C)CC1(CCCC(=O)CC(=O)C=C(CO)c2cc(OC)c(O)cc2Cc2cnc(N)cc2CCc2cccc(CCc3ccccc3)c2)CCCC1. The number of pyridine rings is 1. The number of Topliss-reactive ketones (excluding diaryl/α,β-unsaturated/α-hetero) is 1. The number of aliphatic hydroxyl groups excluding tert-OH is 1. The number of aromatic hydroxyl groups is 1. The molecule has 0 bridgehead atoms. The molecule has 0 spiro atoms. The Kier molecular flexibility index (Phi) is 15.8. The molecule has 1 aromatic heterocycles. The van der Waals surface area contributed by atoms with E-state index in [2.05, 4.69) is 65.8 Å². The maximum atomic E-state index is 13.3. The van der Waals surface area contributed by atoms with Gasteiger partial charge in [0.25, 0.3) is 0 Å². The fourth-order valence-electron chi connectivity index (χ4n) is 8.75. The van der Waals surface area contributed by atoms with E-state index >= 15 is 0 Å². The van der Waals surface area contributed by atoms with E-state index in [1.54, 1.807) is 18.3 Å². The Balaban J connectivity index is 1.27. The average molecular weight is 760 g/mol. The van der Waals surface area contributed by atoms with Crippen LogP contribution in [0.25, 0.3) is 5.57 Å². The van der Waals surface area contributed by atoms with Gasteiger partial charge in [-0.15, -0.1) is 0 Å². The number of rotatable bonds is 22. The van der Waals surface area contributed by atoms with Crippen molar-refractivity contribution in [2.45, 2.75) is 96.8 Å². The molecule has 1 aliphatic rings. The van der Waals surface area contributed by atoms with Crippen molar-refractivity contribution in [2.24, 2.45) is 11.3 Å². The van der Waals surface area contributed by atoms with Crippen LogP contribution in [0.4, 0.5) is 5.82 Å². The molecule has 1 heterocycles. The average Bonchev–Trinajstić information content (AvgIpc) is 3.64. The minimum atomic E-state index is -0.429. The van der Waals surface area contributed by atoms with Crippen molar-refractivity contribution >= 4 is 23.0 Å². The highest BCUT2D eigenvalue weighted by atomic mass is 16.5. The van der Waals surface area contributed by atoms with Gasteiger partial charge in [-0.05, 0) is 158 Å². The first-order valence-electron chi connectivity index (χ1n) is 20.4. The van der Waals surface area contributed by atoms with Gasteiger partial charge in [0.15, 0.2) is 17.3 Å². The Labute approximate surface area is 333 Å². The third kappa shape index (κ3) is 12.4. The number of anilines is 1. The van der Waals surface area contributed by atoms with E-state index < -0.39 is 6.61 Å². The summed E-state index contributed by atoms with van der Waals surface area (Å²) >= 11 is 0. The molecule has 0 unspecified atom stereocenters. The van der Waals surface area contributed by atoms with Gasteiger partial charge < -0.3 is 26.0 Å². The molecule has 298 valence electrons. The third-order valence-electron chi connectivity index (χ3n) is 11.5. The summed E-state index contributed by atoms with van der Waals surface area (Å²) in [6.45, 7) is 2.86. The quantitative estimate of drug-likeness (QED) is 0.0464. The van der Waals surface area contributed by atoms with E-state index in [0.29, 0.717) is 46.7 Å². The van der Waals surface area contributed by atoms with Gasteiger partial charge in [0, 0.05) is 12.6 Å². The molecule has 56 heavy (non-hydrogen) atoms. The number of ketones is 2. The number of methoxy groups -OCH3 is 1. The zero-order valence-corrected chi connectivity index (χ0v) is 33.6. The van der Waals surface area contributed by atoms with Gasteiger partial charge in [-0.3, -0.25) is 9.59 Å². The second-order valence-corrected chi connectivity index (χ2v) is 16.0. The number of nitrogen functional groups attached to an aromatic ring is 1. The van der Waals surface area contributed by atoms with Crippen LogP contribution in [0.15, 0.2) is 85.1 Å². The number of phenolic OH excluding ortho intramolecular Hbond substituents is 1. The lowest BCUT2D eigenvalue weighted by molar-refractivity contribution is -0.124. The summed E-state index contributed by atoms with van der Waals surface area (Å²) in [5.41, 5.74) is 13.9. The standard InChI is InChI=1S/C48H61N3O5/c1-34(31-50-2)30-48(20-7-8-21-48)22-10-15-42(53)28-43(54)25-41(33-52)44-29-46(56-3)45(55)26-39(44)24-40-32-51-47(49)27-38(40)19-18-37-14-9-13-36(23-37)17-16-35-11-5-4-6-12-35/h4-6,9,11-14,23,25-27,29,32,34,50,52,55H,7-8,10,15-22,24,28,30-31,33H2,1-3H3,(H2,49,51)/t34-/m1/s1. The Hall–Kier alpha value is -4.79. The molecule has 0 saturated heterocycles. The molecule has 5 N–H and O–H groups in total. The second-order valence-electron chi connectivity index (χ2n) is 16.0. The molecule has 1 fully saturated rings. The predicted molar refractivity (Wildman–Crippen MR) is 226 cm³/mol. The molecule has 8 nitrogen and oxygen atoms in total. The Morgan fingerprint density at radius 3 is 2.32 bits per heavy atom. The van der Waals surface area contributed by atoms with Crippen LogP contribution in [-0.4, -0.2) is 54.1 Å². The van der Waals surface area contributed by atoms with E-state index in [-0.39, 0.29) is 29.5 Å². The van der Waals surface area contributed by atoms with Crippen LogP contribution < -0.4 is 15.8 Å². The lowest BCUT2D eigenvalue weighted by Crippen LogP contribution is -2.25. The van der Waals surface area contributed by atoms with Crippen molar-refractivity contribution in [3.8, 4) is 11.5 Å². The van der Waals surface area contributed by atoms with Gasteiger partial charge in [0.05, 0.1) is 20.1 Å². The molecular weight excluding hydrogens is 699 g/mol. The molecule has 0 amide bonds. The molecule has 4 aromatic rings. The van der Waals surface area contributed by atoms with E-state index in [4.69, 9.17) is 10.5 Å². The van der Waals surface area contributed by atoms with Crippen molar-refractivity contribution in [3.05, 3.63) is 124 Å². The lowest BCUT2D eigenvalue weighted by Gasteiger charge is -2.32. The van der Waals surface area contributed by atoms with Crippen molar-refractivity contribution in [1.82, 2.24) is 10.3 Å². The van der Waals surface area contributed by atoms with Crippen LogP contribution in [0.1, 0.15) is 104 Å². The molecule has 0 radical (unpaired) electrons. The first kappa shape index (κ1) is 42.4. The monoisotopic (exact) mass is 759 g/mol. The van der Waals surface area contributed by atoms with Gasteiger partial charge in [-0.1, -0.05) is 74.4 Å². The van der Waals surface area contributed by atoms with Gasteiger partial charge in [-0.2, -0.15) is 0 Å². The summed E-state index contributed by atoms with van der Waals surface area (Å²) < 4.78 is 5.44. The highest BCUT2D eigenvalue weighted by Gasteiger charge is 2.34. The smallest absolute Gasteiger partial charge is 0.163 e. The predicted octanol–water partition coefficient (Wildman–Crippen LogP) is 8.42. The van der Waals surface area contributed by atoms with E-state index in [9.17, 15) is 19.8 Å². The molecule has 5 rings (SSSR count). The number of nitrogens with zero attached hydrogens (tertiary/aromatic N) is 1. The number of aromatic nitrogens is 1. The highest BCUT2D eigenvalue weighted by molar-refractivity contribution is 6.07. The second kappa shape index (κ2) is 20.9. The van der Waals surface area contributed by atoms with Crippen molar-refractivity contribution in [1.29, 1.82) is 0 Å². The number of hydrogen-bond donors (Lipinski definition) is 4. The number of nitrogens with two attached hydrogens (primary N) is 1.